The normalized spacial score (nSPS) is 34.0. The first-order valence-electron chi connectivity index (χ1n) is 14.0. The van der Waals surface area contributed by atoms with Gasteiger partial charge in [0.25, 0.3) is 0 Å². The van der Waals surface area contributed by atoms with Gasteiger partial charge < -0.3 is 15.3 Å². The highest BCUT2D eigenvalue weighted by molar-refractivity contribution is 5.97. The summed E-state index contributed by atoms with van der Waals surface area (Å²) >= 11 is 0. The van der Waals surface area contributed by atoms with Crippen molar-refractivity contribution in [3.05, 3.63) is 35.6 Å². The van der Waals surface area contributed by atoms with Gasteiger partial charge in [-0.05, 0) is 132 Å². The van der Waals surface area contributed by atoms with Crippen LogP contribution in [0.5, 0.6) is 0 Å². The molecule has 2 bridgehead atoms. The lowest BCUT2D eigenvalue weighted by atomic mass is 9.63. The molecular weight excluding hydrogens is 443 g/mol. The number of Topliss-reactive ketones (excluding diaryl/α,β-unsaturated/α-hetero) is 1. The molecule has 4 aliphatic carbocycles. The molecule has 4 atom stereocenters. The molecular formula is C29H41FN2O3. The number of rotatable bonds is 7. The summed E-state index contributed by atoms with van der Waals surface area (Å²) in [7, 11) is 0. The molecule has 1 aromatic rings. The highest BCUT2D eigenvalue weighted by Gasteiger charge is 2.44. The van der Waals surface area contributed by atoms with Crippen molar-refractivity contribution in [1.29, 1.82) is 0 Å². The standard InChI is InChI=1S/C29H41FN2O3/c30-23-6-4-21(5-7-23)28(34)22-12-15-32(16-13-22)14-11-19-1-8-24(9-2-19)31-29(35)26-17-20-3-10-25(26)27(33)18-20/h4-7,19-20,22,24-27,33H,1-3,8-18H2,(H,31,35)/t19?,20?,24?,25-,26-,27?/m0/s1. The van der Waals surface area contributed by atoms with Crippen molar-refractivity contribution in [2.75, 3.05) is 19.6 Å². The monoisotopic (exact) mass is 484 g/mol. The molecule has 4 saturated carbocycles. The van der Waals surface area contributed by atoms with Gasteiger partial charge >= 0.3 is 0 Å². The number of nitrogens with one attached hydrogen (secondary N) is 1. The second-order valence-electron chi connectivity index (χ2n) is 11.8. The number of aliphatic hydroxyl groups is 1. The zero-order chi connectivity index (χ0) is 24.4. The van der Waals surface area contributed by atoms with Crippen LogP contribution in [0.4, 0.5) is 4.39 Å². The van der Waals surface area contributed by atoms with E-state index in [1.54, 1.807) is 12.1 Å². The maximum atomic E-state index is 13.1. The molecule has 6 heteroatoms. The number of benzene rings is 1. The number of carbonyl (C=O) groups is 2. The van der Waals surface area contributed by atoms with Crippen LogP contribution in [-0.2, 0) is 4.79 Å². The highest BCUT2D eigenvalue weighted by Crippen LogP contribution is 2.45. The molecule has 2 unspecified atom stereocenters. The van der Waals surface area contributed by atoms with Crippen LogP contribution in [0.2, 0.25) is 0 Å². The Hall–Kier alpha value is -1.79. The Balaban J connectivity index is 0.988. The van der Waals surface area contributed by atoms with Gasteiger partial charge in [0, 0.05) is 23.4 Å². The molecule has 0 radical (unpaired) electrons. The van der Waals surface area contributed by atoms with Gasteiger partial charge in [0.2, 0.25) is 5.91 Å². The van der Waals surface area contributed by atoms with E-state index < -0.39 is 0 Å². The minimum atomic E-state index is -0.302. The summed E-state index contributed by atoms with van der Waals surface area (Å²) in [6.45, 7) is 3.00. The SMILES string of the molecule is O=C(c1ccc(F)cc1)C1CCN(CCC2CCC(NC(=O)[C@H]3CC4CC[C@@H]3C(O)C4)CC2)CC1. The van der Waals surface area contributed by atoms with E-state index in [9.17, 15) is 19.1 Å². The summed E-state index contributed by atoms with van der Waals surface area (Å²) in [6, 6.07) is 6.24. The van der Waals surface area contributed by atoms with Crippen LogP contribution in [0.25, 0.3) is 0 Å². The highest BCUT2D eigenvalue weighted by atomic mass is 19.1. The summed E-state index contributed by atoms with van der Waals surface area (Å²) in [4.78, 5) is 28.1. The Kier molecular flexibility index (Phi) is 7.88. The zero-order valence-corrected chi connectivity index (χ0v) is 20.8. The lowest BCUT2D eigenvalue weighted by Crippen LogP contribution is -2.50. The third-order valence-corrected chi connectivity index (χ3v) is 9.55. The predicted molar refractivity (Wildman–Crippen MR) is 133 cm³/mol. The van der Waals surface area contributed by atoms with Gasteiger partial charge in [-0.3, -0.25) is 9.59 Å². The van der Waals surface area contributed by atoms with Gasteiger partial charge in [-0.2, -0.15) is 0 Å². The zero-order valence-electron chi connectivity index (χ0n) is 20.8. The van der Waals surface area contributed by atoms with Crippen molar-refractivity contribution in [3.63, 3.8) is 0 Å². The number of hydrogen-bond acceptors (Lipinski definition) is 4. The molecule has 1 aliphatic heterocycles. The Morgan fingerprint density at radius 2 is 1.66 bits per heavy atom. The van der Waals surface area contributed by atoms with Gasteiger partial charge in [0.1, 0.15) is 5.82 Å². The Labute approximate surface area is 208 Å². The lowest BCUT2D eigenvalue weighted by molar-refractivity contribution is -0.136. The smallest absolute Gasteiger partial charge is 0.223 e. The van der Waals surface area contributed by atoms with E-state index in [4.69, 9.17) is 0 Å². The fourth-order valence-electron chi connectivity index (χ4n) is 7.31. The minimum absolute atomic E-state index is 0.0214. The molecule has 1 amide bonds. The first-order chi connectivity index (χ1) is 17.0. The molecule has 5 nitrogen and oxygen atoms in total. The van der Waals surface area contributed by atoms with Crippen LogP contribution in [0.15, 0.2) is 24.3 Å². The quantitative estimate of drug-likeness (QED) is 0.556. The van der Waals surface area contributed by atoms with Crippen molar-refractivity contribution in [2.45, 2.75) is 82.8 Å². The molecule has 5 aliphatic rings. The fraction of sp³-hybridized carbons (Fsp3) is 0.724. The molecule has 1 saturated heterocycles. The van der Waals surface area contributed by atoms with Crippen LogP contribution in [0.3, 0.4) is 0 Å². The van der Waals surface area contributed by atoms with Crippen LogP contribution >= 0.6 is 0 Å². The number of amides is 1. The van der Waals surface area contributed by atoms with Gasteiger partial charge in [0.05, 0.1) is 6.10 Å². The van der Waals surface area contributed by atoms with E-state index in [-0.39, 0.29) is 41.4 Å². The maximum Gasteiger partial charge on any atom is 0.223 e. The summed E-state index contributed by atoms with van der Waals surface area (Å²) in [5, 5.41) is 13.7. The number of halogens is 1. The summed E-state index contributed by atoms with van der Waals surface area (Å²) in [5.41, 5.74) is 0.626. The third-order valence-electron chi connectivity index (χ3n) is 9.55. The Bertz CT molecular complexity index is 874. The first kappa shape index (κ1) is 24.9. The van der Waals surface area contributed by atoms with Gasteiger partial charge in [-0.15, -0.1) is 0 Å². The first-order valence-corrected chi connectivity index (χ1v) is 14.0. The average molecular weight is 485 g/mol. The van der Waals surface area contributed by atoms with Crippen molar-refractivity contribution < 1.29 is 19.1 Å². The second-order valence-corrected chi connectivity index (χ2v) is 11.8. The van der Waals surface area contributed by atoms with Crippen LogP contribution in [0.1, 0.15) is 81.0 Å². The number of aliphatic hydroxyl groups excluding tert-OH is 1. The van der Waals surface area contributed by atoms with Crippen LogP contribution in [0, 0.1) is 35.4 Å². The Morgan fingerprint density at radius 1 is 0.943 bits per heavy atom. The van der Waals surface area contributed by atoms with E-state index >= 15 is 0 Å². The summed E-state index contributed by atoms with van der Waals surface area (Å²) < 4.78 is 13.1. The molecule has 5 fully saturated rings. The van der Waals surface area contributed by atoms with Crippen molar-refractivity contribution >= 4 is 11.7 Å². The summed E-state index contributed by atoms with van der Waals surface area (Å²) in [6.07, 6.45) is 11.2. The van der Waals surface area contributed by atoms with Crippen molar-refractivity contribution in [2.24, 2.45) is 29.6 Å². The largest absolute Gasteiger partial charge is 0.393 e. The number of nitrogens with zero attached hydrogens (tertiary/aromatic N) is 1. The molecule has 35 heavy (non-hydrogen) atoms. The number of likely N-dealkylation sites (tertiary alicyclic amines) is 1. The molecule has 1 aromatic carbocycles. The predicted octanol–water partition coefficient (Wildman–Crippen LogP) is 4.58. The van der Waals surface area contributed by atoms with E-state index in [0.29, 0.717) is 23.4 Å². The number of fused-ring (bicyclic) bond motifs is 3. The van der Waals surface area contributed by atoms with Gasteiger partial charge in [0.15, 0.2) is 5.78 Å². The van der Waals surface area contributed by atoms with Gasteiger partial charge in [-0.1, -0.05) is 0 Å². The van der Waals surface area contributed by atoms with Crippen molar-refractivity contribution in [1.82, 2.24) is 10.2 Å². The number of carbonyl (C=O) groups excluding carboxylic acids is 2. The maximum absolute atomic E-state index is 13.1. The number of ketones is 1. The topological polar surface area (TPSA) is 69.6 Å². The van der Waals surface area contributed by atoms with E-state index in [2.05, 4.69) is 10.2 Å². The second kappa shape index (κ2) is 11.1. The molecule has 0 aromatic heterocycles. The fourth-order valence-corrected chi connectivity index (χ4v) is 7.31. The molecule has 6 rings (SSSR count). The minimum Gasteiger partial charge on any atom is -0.393 e. The van der Waals surface area contributed by atoms with Crippen molar-refractivity contribution in [3.8, 4) is 0 Å². The lowest BCUT2D eigenvalue weighted by Gasteiger charge is -2.45. The van der Waals surface area contributed by atoms with Crippen LogP contribution < -0.4 is 5.32 Å². The third kappa shape index (κ3) is 5.96. The summed E-state index contributed by atoms with van der Waals surface area (Å²) in [5.74, 6) is 1.54. The van der Waals surface area contributed by atoms with Gasteiger partial charge in [-0.25, -0.2) is 4.39 Å². The number of hydrogen-bond donors (Lipinski definition) is 2. The number of piperidine rings is 1. The molecule has 192 valence electrons. The van der Waals surface area contributed by atoms with E-state index in [1.807, 2.05) is 0 Å². The molecule has 1 heterocycles. The van der Waals surface area contributed by atoms with E-state index in [0.717, 1.165) is 64.6 Å². The molecule has 2 N–H and O–H groups in total. The van der Waals surface area contributed by atoms with E-state index in [1.165, 1.54) is 37.8 Å². The average Bonchev–Trinajstić information content (AvgIpc) is 2.89. The van der Waals surface area contributed by atoms with Crippen LogP contribution in [-0.4, -0.2) is 53.5 Å². The Morgan fingerprint density at radius 3 is 2.31 bits per heavy atom. The molecule has 0 spiro atoms.